The predicted molar refractivity (Wildman–Crippen MR) is 83.7 cm³/mol. The molecule has 0 spiro atoms. The molecule has 1 unspecified atom stereocenters. The van der Waals surface area contributed by atoms with Crippen LogP contribution in [-0.2, 0) is 9.59 Å². The van der Waals surface area contributed by atoms with Crippen molar-refractivity contribution in [1.82, 2.24) is 15.1 Å². The number of nitrogens with zero attached hydrogens (tertiary/aromatic N) is 2. The van der Waals surface area contributed by atoms with Crippen molar-refractivity contribution in [2.75, 3.05) is 33.2 Å². The summed E-state index contributed by atoms with van der Waals surface area (Å²) in [6.07, 6.45) is 2.33. The molecular weight excluding hydrogens is 268 g/mol. The number of hydrogen-bond donors (Lipinski definition) is 2. The third kappa shape index (κ3) is 5.28. The van der Waals surface area contributed by atoms with E-state index in [9.17, 15) is 9.59 Å². The Balaban J connectivity index is 2.36. The van der Waals surface area contributed by atoms with E-state index in [-0.39, 0.29) is 24.3 Å². The molecule has 0 aliphatic carbocycles. The van der Waals surface area contributed by atoms with E-state index < -0.39 is 6.04 Å². The minimum Gasteiger partial charge on any atom is -0.346 e. The zero-order chi connectivity index (χ0) is 16.0. The highest BCUT2D eigenvalue weighted by Crippen LogP contribution is 2.17. The third-order valence-electron chi connectivity index (χ3n) is 4.25. The molecule has 21 heavy (non-hydrogen) atoms. The first-order valence-electron chi connectivity index (χ1n) is 7.88. The van der Waals surface area contributed by atoms with Crippen LogP contribution in [0.3, 0.4) is 0 Å². The van der Waals surface area contributed by atoms with Crippen LogP contribution in [0, 0.1) is 5.92 Å². The van der Waals surface area contributed by atoms with Crippen LogP contribution in [0.1, 0.15) is 33.6 Å². The van der Waals surface area contributed by atoms with E-state index in [2.05, 4.69) is 17.1 Å². The normalized spacial score (nSPS) is 20.6. The maximum atomic E-state index is 12.1. The number of likely N-dealkylation sites (N-methyl/N-ethyl adjacent to an activating group) is 2. The topological polar surface area (TPSA) is 78.7 Å². The first-order valence-corrected chi connectivity index (χ1v) is 7.88. The van der Waals surface area contributed by atoms with Crippen LogP contribution in [0.2, 0.25) is 0 Å². The molecule has 1 aliphatic heterocycles. The first-order chi connectivity index (χ1) is 9.86. The molecule has 0 aromatic carbocycles. The highest BCUT2D eigenvalue weighted by molar-refractivity contribution is 5.87. The zero-order valence-corrected chi connectivity index (χ0v) is 13.8. The minimum absolute atomic E-state index is 0.0224. The molecular formula is C15H30N4O2. The van der Waals surface area contributed by atoms with Crippen molar-refractivity contribution in [2.45, 2.75) is 45.7 Å². The van der Waals surface area contributed by atoms with Gasteiger partial charge in [-0.15, -0.1) is 0 Å². The summed E-state index contributed by atoms with van der Waals surface area (Å²) in [7, 11) is 1.79. The Labute approximate surface area is 128 Å². The smallest absolute Gasteiger partial charge is 0.241 e. The van der Waals surface area contributed by atoms with E-state index >= 15 is 0 Å². The van der Waals surface area contributed by atoms with E-state index in [4.69, 9.17) is 5.73 Å². The van der Waals surface area contributed by atoms with Gasteiger partial charge in [0.25, 0.3) is 0 Å². The SMILES string of the molecule is CCN1CCCC1CN(C)C(=O)CNC(=O)[C@@H](N)C(C)C. The lowest BCUT2D eigenvalue weighted by Crippen LogP contribution is -2.49. The van der Waals surface area contributed by atoms with Gasteiger partial charge in [-0.25, -0.2) is 0 Å². The molecule has 0 bridgehead atoms. The lowest BCUT2D eigenvalue weighted by molar-refractivity contribution is -0.132. The van der Waals surface area contributed by atoms with Crippen LogP contribution < -0.4 is 11.1 Å². The second-order valence-electron chi connectivity index (χ2n) is 6.19. The Bertz CT molecular complexity index is 360. The van der Waals surface area contributed by atoms with E-state index in [0.29, 0.717) is 6.04 Å². The van der Waals surface area contributed by atoms with Crippen LogP contribution in [0.25, 0.3) is 0 Å². The Morgan fingerprint density at radius 2 is 2.10 bits per heavy atom. The summed E-state index contributed by atoms with van der Waals surface area (Å²) in [6.45, 7) is 8.80. The van der Waals surface area contributed by atoms with Crippen molar-refractivity contribution in [2.24, 2.45) is 11.7 Å². The molecule has 1 saturated heterocycles. The molecule has 6 heteroatoms. The number of carbonyl (C=O) groups excluding carboxylic acids is 2. The fourth-order valence-corrected chi connectivity index (χ4v) is 2.65. The van der Waals surface area contributed by atoms with Gasteiger partial charge in [-0.05, 0) is 31.8 Å². The second-order valence-corrected chi connectivity index (χ2v) is 6.19. The van der Waals surface area contributed by atoms with Gasteiger partial charge in [-0.3, -0.25) is 14.5 Å². The van der Waals surface area contributed by atoms with Gasteiger partial charge in [0.15, 0.2) is 0 Å². The molecule has 1 heterocycles. The molecule has 6 nitrogen and oxygen atoms in total. The second kappa shape index (κ2) is 8.34. The van der Waals surface area contributed by atoms with E-state index in [1.807, 2.05) is 13.8 Å². The molecule has 122 valence electrons. The molecule has 3 N–H and O–H groups in total. The van der Waals surface area contributed by atoms with Gasteiger partial charge in [0, 0.05) is 19.6 Å². The molecule has 2 amide bonds. The summed E-state index contributed by atoms with van der Waals surface area (Å²) in [6, 6.07) is -0.119. The van der Waals surface area contributed by atoms with Crippen molar-refractivity contribution >= 4 is 11.8 Å². The van der Waals surface area contributed by atoms with Gasteiger partial charge in [0.05, 0.1) is 12.6 Å². The Morgan fingerprint density at radius 1 is 1.43 bits per heavy atom. The number of nitrogens with one attached hydrogen (secondary N) is 1. The van der Waals surface area contributed by atoms with Crippen LogP contribution >= 0.6 is 0 Å². The monoisotopic (exact) mass is 298 g/mol. The highest BCUT2D eigenvalue weighted by Gasteiger charge is 2.26. The molecule has 0 saturated carbocycles. The third-order valence-corrected chi connectivity index (χ3v) is 4.25. The number of rotatable bonds is 7. The largest absolute Gasteiger partial charge is 0.346 e. The molecule has 0 aromatic rings. The van der Waals surface area contributed by atoms with Crippen molar-refractivity contribution in [3.05, 3.63) is 0 Å². The summed E-state index contributed by atoms with van der Waals surface area (Å²) in [4.78, 5) is 27.9. The minimum atomic E-state index is -0.562. The standard InChI is InChI=1S/C15H30N4O2/c1-5-19-8-6-7-12(19)10-18(4)13(20)9-17-15(21)14(16)11(2)3/h11-12,14H,5-10,16H2,1-4H3,(H,17,21)/t12?,14-/m0/s1. The van der Waals surface area contributed by atoms with Crippen LogP contribution in [0.15, 0.2) is 0 Å². The average molecular weight is 298 g/mol. The quantitative estimate of drug-likeness (QED) is 0.695. The molecule has 1 fully saturated rings. The van der Waals surface area contributed by atoms with Crippen LogP contribution in [-0.4, -0.2) is 66.9 Å². The molecule has 1 rings (SSSR count). The Kier molecular flexibility index (Phi) is 7.11. The Morgan fingerprint density at radius 3 is 2.67 bits per heavy atom. The van der Waals surface area contributed by atoms with Crippen LogP contribution in [0.4, 0.5) is 0 Å². The number of carbonyl (C=O) groups is 2. The summed E-state index contributed by atoms with van der Waals surface area (Å²) in [5.74, 6) is -0.264. The van der Waals surface area contributed by atoms with E-state index in [1.165, 1.54) is 6.42 Å². The van der Waals surface area contributed by atoms with Crippen molar-refractivity contribution in [3.8, 4) is 0 Å². The van der Waals surface area contributed by atoms with Gasteiger partial charge in [-0.1, -0.05) is 20.8 Å². The summed E-state index contributed by atoms with van der Waals surface area (Å²) >= 11 is 0. The summed E-state index contributed by atoms with van der Waals surface area (Å²) in [5.41, 5.74) is 5.75. The van der Waals surface area contributed by atoms with Gasteiger partial charge in [0.1, 0.15) is 0 Å². The van der Waals surface area contributed by atoms with Crippen LogP contribution in [0.5, 0.6) is 0 Å². The number of hydrogen-bond acceptors (Lipinski definition) is 4. The maximum Gasteiger partial charge on any atom is 0.241 e. The maximum absolute atomic E-state index is 12.1. The van der Waals surface area contributed by atoms with Gasteiger partial charge >= 0.3 is 0 Å². The van der Waals surface area contributed by atoms with Gasteiger partial charge in [0.2, 0.25) is 11.8 Å². The predicted octanol–water partition coefficient (Wildman–Crippen LogP) is 0.0286. The molecule has 0 radical (unpaired) electrons. The zero-order valence-electron chi connectivity index (χ0n) is 13.8. The van der Waals surface area contributed by atoms with Crippen molar-refractivity contribution in [3.63, 3.8) is 0 Å². The van der Waals surface area contributed by atoms with Gasteiger partial charge < -0.3 is 16.0 Å². The number of amides is 2. The average Bonchev–Trinajstić information content (AvgIpc) is 2.90. The number of likely N-dealkylation sites (tertiary alicyclic amines) is 1. The van der Waals surface area contributed by atoms with E-state index in [1.54, 1.807) is 11.9 Å². The lowest BCUT2D eigenvalue weighted by atomic mass is 10.1. The highest BCUT2D eigenvalue weighted by atomic mass is 16.2. The van der Waals surface area contributed by atoms with E-state index in [0.717, 1.165) is 26.1 Å². The van der Waals surface area contributed by atoms with Gasteiger partial charge in [-0.2, -0.15) is 0 Å². The fourth-order valence-electron chi connectivity index (χ4n) is 2.65. The lowest BCUT2D eigenvalue weighted by Gasteiger charge is -2.28. The summed E-state index contributed by atoms with van der Waals surface area (Å²) < 4.78 is 0. The Hall–Kier alpha value is -1.14. The number of nitrogens with two attached hydrogens (primary N) is 1. The summed E-state index contributed by atoms with van der Waals surface area (Å²) in [5, 5.41) is 2.63. The van der Waals surface area contributed by atoms with Crippen molar-refractivity contribution in [1.29, 1.82) is 0 Å². The molecule has 1 aliphatic rings. The van der Waals surface area contributed by atoms with Crippen molar-refractivity contribution < 1.29 is 9.59 Å². The molecule has 2 atom stereocenters. The molecule has 0 aromatic heterocycles. The fraction of sp³-hybridized carbons (Fsp3) is 0.867. The first kappa shape index (κ1) is 17.9.